The largest absolute Gasteiger partial charge is 0.478 e. The van der Waals surface area contributed by atoms with E-state index in [0.717, 1.165) is 30.4 Å². The van der Waals surface area contributed by atoms with Gasteiger partial charge in [0, 0.05) is 0 Å². The van der Waals surface area contributed by atoms with Gasteiger partial charge in [-0.2, -0.15) is 0 Å². The third-order valence-corrected chi connectivity index (χ3v) is 4.30. The second-order valence-corrected chi connectivity index (χ2v) is 6.86. The van der Waals surface area contributed by atoms with Crippen LogP contribution in [-0.2, 0) is 12.8 Å². The summed E-state index contributed by atoms with van der Waals surface area (Å²) in [5, 5.41) is 34.7. The molecular formula is C24H34O6. The fraction of sp³-hybridized carbons (Fsp3) is 0.417. The molecule has 0 fully saturated rings. The molecule has 0 aliphatic rings. The molecule has 2 aromatic carbocycles. The molecule has 2 atom stereocenters. The lowest BCUT2D eigenvalue weighted by Gasteiger charge is -2.08. The Balaban J connectivity index is 0.000000428. The molecule has 0 aliphatic carbocycles. The van der Waals surface area contributed by atoms with Gasteiger partial charge in [0.05, 0.1) is 23.3 Å². The van der Waals surface area contributed by atoms with E-state index in [-0.39, 0.29) is 12.2 Å². The molecule has 2 aromatic rings. The van der Waals surface area contributed by atoms with E-state index in [1.165, 1.54) is 0 Å². The third kappa shape index (κ3) is 12.0. The van der Waals surface area contributed by atoms with Crippen LogP contribution >= 0.6 is 0 Å². The Morgan fingerprint density at radius 1 is 0.733 bits per heavy atom. The van der Waals surface area contributed by atoms with Crippen LogP contribution in [0.15, 0.2) is 48.5 Å². The number of aliphatic hydroxyl groups excluding tert-OH is 2. The highest BCUT2D eigenvalue weighted by atomic mass is 16.4. The first-order valence-electron chi connectivity index (χ1n) is 10.1. The normalized spacial score (nSPS) is 11.8. The molecule has 0 spiro atoms. The molecule has 0 saturated heterocycles. The average molecular weight is 419 g/mol. The number of benzene rings is 2. The van der Waals surface area contributed by atoms with Gasteiger partial charge in [-0.1, -0.05) is 45.0 Å². The third-order valence-electron chi connectivity index (χ3n) is 4.30. The first-order chi connectivity index (χ1) is 14.1. The Labute approximate surface area is 178 Å². The summed E-state index contributed by atoms with van der Waals surface area (Å²) in [6.45, 7) is 7.65. The van der Waals surface area contributed by atoms with Crippen molar-refractivity contribution in [2.45, 2.75) is 65.6 Å². The van der Waals surface area contributed by atoms with Crippen LogP contribution in [0.4, 0.5) is 0 Å². The van der Waals surface area contributed by atoms with E-state index < -0.39 is 11.9 Å². The first kappa shape index (κ1) is 27.3. The van der Waals surface area contributed by atoms with Crippen LogP contribution in [-0.4, -0.2) is 44.6 Å². The van der Waals surface area contributed by atoms with Crippen molar-refractivity contribution >= 4 is 11.9 Å². The quantitative estimate of drug-likeness (QED) is 0.529. The van der Waals surface area contributed by atoms with Crippen molar-refractivity contribution < 1.29 is 30.0 Å². The van der Waals surface area contributed by atoms with E-state index in [4.69, 9.17) is 20.4 Å². The number of aryl methyl sites for hydroxylation is 2. The van der Waals surface area contributed by atoms with E-state index in [0.29, 0.717) is 17.5 Å². The summed E-state index contributed by atoms with van der Waals surface area (Å²) < 4.78 is 0. The highest BCUT2D eigenvalue weighted by Gasteiger charge is 2.03. The van der Waals surface area contributed by atoms with E-state index in [1.807, 2.05) is 45.0 Å². The van der Waals surface area contributed by atoms with Gasteiger partial charge in [0.15, 0.2) is 0 Å². The number of rotatable bonds is 7. The molecule has 6 heteroatoms. The van der Waals surface area contributed by atoms with E-state index in [1.54, 1.807) is 31.2 Å². The van der Waals surface area contributed by atoms with E-state index in [2.05, 4.69) is 0 Å². The molecule has 2 unspecified atom stereocenters. The Morgan fingerprint density at radius 2 is 1.07 bits per heavy atom. The maximum atomic E-state index is 10.4. The van der Waals surface area contributed by atoms with Crippen LogP contribution in [0.2, 0.25) is 0 Å². The summed E-state index contributed by atoms with van der Waals surface area (Å²) in [6.07, 6.45) is 2.42. The van der Waals surface area contributed by atoms with Gasteiger partial charge in [-0.3, -0.25) is 0 Å². The van der Waals surface area contributed by atoms with Crippen molar-refractivity contribution in [3.8, 4) is 0 Å². The summed E-state index contributed by atoms with van der Waals surface area (Å²) in [7, 11) is 0. The molecule has 0 aromatic heterocycles. The molecule has 4 N–H and O–H groups in total. The van der Waals surface area contributed by atoms with Crippen molar-refractivity contribution in [3.63, 3.8) is 0 Å². The first-order valence-corrected chi connectivity index (χ1v) is 10.1. The van der Waals surface area contributed by atoms with Gasteiger partial charge in [0.1, 0.15) is 0 Å². The Bertz CT molecular complexity index is 678. The minimum atomic E-state index is -0.868. The SMILES string of the molecule is CCC(O)CC(C)O.CCc1ccc(C(=O)O)cc1.CCc1ccc(C(=O)O)cc1. The van der Waals surface area contributed by atoms with E-state index >= 15 is 0 Å². The molecule has 166 valence electrons. The van der Waals surface area contributed by atoms with Crippen LogP contribution in [0, 0.1) is 0 Å². The second kappa shape index (κ2) is 15.2. The summed E-state index contributed by atoms with van der Waals surface area (Å²) in [5.74, 6) is -1.74. The minimum absolute atomic E-state index is 0.324. The molecule has 2 rings (SSSR count). The summed E-state index contributed by atoms with van der Waals surface area (Å²) in [6, 6.07) is 13.9. The fourth-order valence-electron chi connectivity index (χ4n) is 2.33. The fourth-order valence-corrected chi connectivity index (χ4v) is 2.33. The van der Waals surface area contributed by atoms with Gasteiger partial charge in [-0.15, -0.1) is 0 Å². The molecule has 0 amide bonds. The summed E-state index contributed by atoms with van der Waals surface area (Å²) in [4.78, 5) is 20.8. The molecule has 30 heavy (non-hydrogen) atoms. The van der Waals surface area contributed by atoms with Gasteiger partial charge >= 0.3 is 11.9 Å². The molecular weight excluding hydrogens is 384 g/mol. The van der Waals surface area contributed by atoms with E-state index in [9.17, 15) is 9.59 Å². The van der Waals surface area contributed by atoms with Crippen molar-refractivity contribution in [1.29, 1.82) is 0 Å². The van der Waals surface area contributed by atoms with Gasteiger partial charge in [-0.05, 0) is 68.0 Å². The van der Waals surface area contributed by atoms with Crippen LogP contribution in [0.1, 0.15) is 72.4 Å². The average Bonchev–Trinajstić information content (AvgIpc) is 2.74. The van der Waals surface area contributed by atoms with Crippen LogP contribution in [0.3, 0.4) is 0 Å². The van der Waals surface area contributed by atoms with Crippen molar-refractivity contribution in [2.75, 3.05) is 0 Å². The standard InChI is InChI=1S/2C9H10O2.C6H14O2/c2*1-2-7-3-5-8(6-4-7)9(10)11;1-3-6(8)4-5(2)7/h2*3-6H,2H2,1H3,(H,10,11);5-8H,3-4H2,1-2H3. The predicted octanol–water partition coefficient (Wildman–Crippen LogP) is 4.42. The molecule has 0 heterocycles. The van der Waals surface area contributed by atoms with Gasteiger partial charge < -0.3 is 20.4 Å². The lowest BCUT2D eigenvalue weighted by atomic mass is 10.1. The lowest BCUT2D eigenvalue weighted by Crippen LogP contribution is -2.13. The zero-order chi connectivity index (χ0) is 23.1. The molecule has 0 radical (unpaired) electrons. The Kier molecular flexibility index (Phi) is 13.8. The van der Waals surface area contributed by atoms with Crippen LogP contribution in [0.5, 0.6) is 0 Å². The molecule has 0 aliphatic heterocycles. The maximum absolute atomic E-state index is 10.4. The lowest BCUT2D eigenvalue weighted by molar-refractivity contribution is 0.0686. The number of carboxylic acids is 2. The van der Waals surface area contributed by atoms with Gasteiger partial charge in [0.25, 0.3) is 0 Å². The number of hydrogen-bond acceptors (Lipinski definition) is 4. The number of aromatic carboxylic acids is 2. The highest BCUT2D eigenvalue weighted by molar-refractivity contribution is 5.87. The van der Waals surface area contributed by atoms with Crippen molar-refractivity contribution in [3.05, 3.63) is 70.8 Å². The predicted molar refractivity (Wildman–Crippen MR) is 118 cm³/mol. The number of aliphatic hydroxyl groups is 2. The minimum Gasteiger partial charge on any atom is -0.478 e. The highest BCUT2D eigenvalue weighted by Crippen LogP contribution is 2.05. The molecule has 0 saturated carbocycles. The number of carboxylic acid groups (broad SMARTS) is 2. The van der Waals surface area contributed by atoms with Gasteiger partial charge in [-0.25, -0.2) is 9.59 Å². The monoisotopic (exact) mass is 418 g/mol. The zero-order valence-electron chi connectivity index (χ0n) is 18.2. The molecule has 0 bridgehead atoms. The summed E-state index contributed by atoms with van der Waals surface area (Å²) >= 11 is 0. The van der Waals surface area contributed by atoms with Crippen molar-refractivity contribution in [1.82, 2.24) is 0 Å². The summed E-state index contributed by atoms with van der Waals surface area (Å²) in [5.41, 5.74) is 3.02. The Hall–Kier alpha value is -2.70. The topological polar surface area (TPSA) is 115 Å². The van der Waals surface area contributed by atoms with Crippen LogP contribution < -0.4 is 0 Å². The Morgan fingerprint density at radius 3 is 1.23 bits per heavy atom. The number of hydrogen-bond donors (Lipinski definition) is 4. The zero-order valence-corrected chi connectivity index (χ0v) is 18.2. The van der Waals surface area contributed by atoms with Crippen molar-refractivity contribution in [2.24, 2.45) is 0 Å². The van der Waals surface area contributed by atoms with Crippen LogP contribution in [0.25, 0.3) is 0 Å². The maximum Gasteiger partial charge on any atom is 0.335 e. The second-order valence-electron chi connectivity index (χ2n) is 6.86. The van der Waals surface area contributed by atoms with Gasteiger partial charge in [0.2, 0.25) is 0 Å². The molecule has 6 nitrogen and oxygen atoms in total. The smallest absolute Gasteiger partial charge is 0.335 e. The number of carbonyl (C=O) groups is 2.